The lowest BCUT2D eigenvalue weighted by Crippen LogP contribution is -2.29. The fourth-order valence-corrected chi connectivity index (χ4v) is 6.82. The Kier molecular flexibility index (Phi) is 3.78. The molecule has 2 rings (SSSR count). The molecule has 0 radical (unpaired) electrons. The maximum Gasteiger partial charge on any atom is 0.245 e. The predicted octanol–water partition coefficient (Wildman–Crippen LogP) is 2.03. The summed E-state index contributed by atoms with van der Waals surface area (Å²) in [5.41, 5.74) is 0. The van der Waals surface area contributed by atoms with Gasteiger partial charge in [-0.1, -0.05) is 0 Å². The molecule has 0 unspecified atom stereocenters. The molecular formula is C8H9Br2NO3S2. The minimum absolute atomic E-state index is 0.183. The van der Waals surface area contributed by atoms with Crippen LogP contribution in [0.1, 0.15) is 6.42 Å². The van der Waals surface area contributed by atoms with Crippen molar-refractivity contribution in [1.82, 2.24) is 4.31 Å². The Labute approximate surface area is 115 Å². The molecule has 90 valence electrons. The second kappa shape index (κ2) is 4.66. The van der Waals surface area contributed by atoms with Crippen LogP contribution < -0.4 is 0 Å². The zero-order chi connectivity index (χ0) is 11.9. The first-order chi connectivity index (χ1) is 7.41. The van der Waals surface area contributed by atoms with E-state index in [1.165, 1.54) is 15.6 Å². The van der Waals surface area contributed by atoms with Gasteiger partial charge in [-0.25, -0.2) is 8.42 Å². The highest BCUT2D eigenvalue weighted by atomic mass is 79.9. The molecule has 1 atom stereocenters. The Morgan fingerprint density at radius 3 is 2.62 bits per heavy atom. The third kappa shape index (κ3) is 2.37. The third-order valence-corrected chi connectivity index (χ3v) is 6.99. The van der Waals surface area contributed by atoms with Crippen molar-refractivity contribution < 1.29 is 13.5 Å². The van der Waals surface area contributed by atoms with Gasteiger partial charge in [0, 0.05) is 13.1 Å². The van der Waals surface area contributed by atoms with Gasteiger partial charge < -0.3 is 5.11 Å². The molecule has 2 heterocycles. The van der Waals surface area contributed by atoms with E-state index in [0.29, 0.717) is 16.8 Å². The smallest absolute Gasteiger partial charge is 0.245 e. The van der Waals surface area contributed by atoms with Crippen LogP contribution in [-0.2, 0) is 10.0 Å². The van der Waals surface area contributed by atoms with Crippen LogP contribution in [0.2, 0.25) is 0 Å². The van der Waals surface area contributed by atoms with Crippen LogP contribution in [0.25, 0.3) is 0 Å². The molecule has 1 N–H and O–H groups in total. The van der Waals surface area contributed by atoms with E-state index < -0.39 is 16.1 Å². The SMILES string of the molecule is O=S(=O)(c1cc(Br)sc1Br)N1CC[C@H](O)C1. The van der Waals surface area contributed by atoms with Gasteiger partial charge in [-0.05, 0) is 44.3 Å². The van der Waals surface area contributed by atoms with Gasteiger partial charge in [0.2, 0.25) is 10.0 Å². The first kappa shape index (κ1) is 13.0. The van der Waals surface area contributed by atoms with Crippen molar-refractivity contribution >= 4 is 53.2 Å². The molecule has 8 heteroatoms. The Balaban J connectivity index is 2.36. The molecule has 0 bridgehead atoms. The van der Waals surface area contributed by atoms with E-state index in [2.05, 4.69) is 31.9 Å². The third-order valence-electron chi connectivity index (χ3n) is 2.37. The van der Waals surface area contributed by atoms with Gasteiger partial charge in [0.1, 0.15) is 4.90 Å². The summed E-state index contributed by atoms with van der Waals surface area (Å²) in [6.07, 6.45) is -0.0436. The Morgan fingerprint density at radius 1 is 1.50 bits per heavy atom. The lowest BCUT2D eigenvalue weighted by molar-refractivity contribution is 0.189. The highest BCUT2D eigenvalue weighted by molar-refractivity contribution is 9.12. The molecule has 1 aliphatic heterocycles. The zero-order valence-corrected chi connectivity index (χ0v) is 12.9. The quantitative estimate of drug-likeness (QED) is 0.840. The fourth-order valence-electron chi connectivity index (χ4n) is 1.57. The van der Waals surface area contributed by atoms with E-state index in [9.17, 15) is 13.5 Å². The molecular weight excluding hydrogens is 382 g/mol. The summed E-state index contributed by atoms with van der Waals surface area (Å²) in [7, 11) is -3.47. The molecule has 1 aliphatic rings. The summed E-state index contributed by atoms with van der Waals surface area (Å²) in [5.74, 6) is 0. The number of rotatable bonds is 2. The number of aliphatic hydroxyl groups excluding tert-OH is 1. The highest BCUT2D eigenvalue weighted by Gasteiger charge is 2.33. The summed E-state index contributed by atoms with van der Waals surface area (Å²) in [4.78, 5) is 0.262. The van der Waals surface area contributed by atoms with E-state index in [-0.39, 0.29) is 11.4 Å². The average molecular weight is 391 g/mol. The Morgan fingerprint density at radius 2 is 2.19 bits per heavy atom. The minimum atomic E-state index is -3.47. The number of hydrogen-bond donors (Lipinski definition) is 1. The molecule has 0 amide bonds. The summed E-state index contributed by atoms with van der Waals surface area (Å²) >= 11 is 7.81. The van der Waals surface area contributed by atoms with Gasteiger partial charge in [0.25, 0.3) is 0 Å². The van der Waals surface area contributed by atoms with E-state index in [1.807, 2.05) is 0 Å². The summed E-state index contributed by atoms with van der Waals surface area (Å²) in [6.45, 7) is 0.561. The number of thiophene rings is 1. The van der Waals surface area contributed by atoms with Crippen LogP contribution in [0.5, 0.6) is 0 Å². The van der Waals surface area contributed by atoms with E-state index in [1.54, 1.807) is 6.07 Å². The largest absolute Gasteiger partial charge is 0.392 e. The van der Waals surface area contributed by atoms with E-state index in [4.69, 9.17) is 0 Å². The molecule has 0 saturated carbocycles. The molecule has 1 aromatic rings. The normalized spacial score (nSPS) is 22.8. The van der Waals surface area contributed by atoms with Gasteiger partial charge in [0.15, 0.2) is 0 Å². The number of hydrogen-bond acceptors (Lipinski definition) is 4. The van der Waals surface area contributed by atoms with Crippen molar-refractivity contribution in [3.63, 3.8) is 0 Å². The van der Waals surface area contributed by atoms with Crippen LogP contribution >= 0.6 is 43.2 Å². The maximum absolute atomic E-state index is 12.2. The number of aliphatic hydroxyl groups is 1. The Hall–Kier alpha value is 0.530. The standard InChI is InChI=1S/C8H9Br2NO3S2/c9-7-3-6(8(10)15-7)16(13,14)11-2-1-5(12)4-11/h3,5,12H,1-2,4H2/t5-/m0/s1. The number of sulfonamides is 1. The lowest BCUT2D eigenvalue weighted by Gasteiger charge is -2.14. The van der Waals surface area contributed by atoms with Gasteiger partial charge >= 0.3 is 0 Å². The molecule has 16 heavy (non-hydrogen) atoms. The van der Waals surface area contributed by atoms with Crippen molar-refractivity contribution in [3.8, 4) is 0 Å². The molecule has 0 aliphatic carbocycles. The van der Waals surface area contributed by atoms with Crippen LogP contribution in [0, 0.1) is 0 Å². The minimum Gasteiger partial charge on any atom is -0.392 e. The highest BCUT2D eigenvalue weighted by Crippen LogP contribution is 2.36. The van der Waals surface area contributed by atoms with Crippen molar-refractivity contribution in [2.45, 2.75) is 17.4 Å². The summed E-state index contributed by atoms with van der Waals surface area (Å²) in [6, 6.07) is 1.58. The van der Waals surface area contributed by atoms with E-state index >= 15 is 0 Å². The molecule has 1 saturated heterocycles. The van der Waals surface area contributed by atoms with Gasteiger partial charge in [-0.15, -0.1) is 11.3 Å². The van der Waals surface area contributed by atoms with Crippen molar-refractivity contribution in [1.29, 1.82) is 0 Å². The number of β-amino-alcohol motifs (C(OH)–C–C–N with tert-alkyl or cyclic N) is 1. The van der Waals surface area contributed by atoms with Crippen molar-refractivity contribution in [2.24, 2.45) is 0 Å². The monoisotopic (exact) mass is 389 g/mol. The first-order valence-electron chi connectivity index (χ1n) is 4.54. The summed E-state index contributed by atoms with van der Waals surface area (Å²) < 4.78 is 27.0. The first-order valence-corrected chi connectivity index (χ1v) is 8.38. The van der Waals surface area contributed by atoms with Gasteiger partial charge in [-0.3, -0.25) is 0 Å². The van der Waals surface area contributed by atoms with Crippen LogP contribution in [0.3, 0.4) is 0 Å². The zero-order valence-electron chi connectivity index (χ0n) is 8.06. The molecule has 4 nitrogen and oxygen atoms in total. The second-order valence-electron chi connectivity index (χ2n) is 3.49. The van der Waals surface area contributed by atoms with Crippen LogP contribution in [0.15, 0.2) is 18.5 Å². The van der Waals surface area contributed by atoms with Gasteiger partial charge in [-0.2, -0.15) is 4.31 Å². The number of nitrogens with zero attached hydrogens (tertiary/aromatic N) is 1. The number of halogens is 2. The average Bonchev–Trinajstić information content (AvgIpc) is 2.73. The van der Waals surface area contributed by atoms with Crippen molar-refractivity contribution in [3.05, 3.63) is 13.6 Å². The Bertz CT molecular complexity index is 499. The maximum atomic E-state index is 12.2. The molecule has 1 fully saturated rings. The summed E-state index contributed by atoms with van der Waals surface area (Å²) in [5, 5.41) is 9.36. The van der Waals surface area contributed by atoms with Crippen molar-refractivity contribution in [2.75, 3.05) is 13.1 Å². The second-order valence-corrected chi connectivity index (χ2v) is 9.15. The lowest BCUT2D eigenvalue weighted by atomic mass is 10.3. The van der Waals surface area contributed by atoms with E-state index in [0.717, 1.165) is 3.79 Å². The molecule has 0 aromatic carbocycles. The topological polar surface area (TPSA) is 57.6 Å². The predicted molar refractivity (Wildman–Crippen MR) is 69.1 cm³/mol. The van der Waals surface area contributed by atoms with Gasteiger partial charge in [0.05, 0.1) is 13.7 Å². The van der Waals surface area contributed by atoms with Crippen LogP contribution in [0.4, 0.5) is 0 Å². The molecule has 1 aromatic heterocycles. The fraction of sp³-hybridized carbons (Fsp3) is 0.500. The molecule has 0 spiro atoms. The van der Waals surface area contributed by atoms with Crippen LogP contribution in [-0.4, -0.2) is 37.0 Å².